The number of aliphatic hydroxyl groups excluding tert-OH is 1. The fourth-order valence-corrected chi connectivity index (χ4v) is 5.46. The van der Waals surface area contributed by atoms with Crippen LogP contribution >= 0.6 is 23.2 Å². The number of aromatic nitrogens is 4. The third kappa shape index (κ3) is 6.02. The Bertz CT molecular complexity index is 1640. The molecule has 0 spiro atoms. The highest BCUT2D eigenvalue weighted by Gasteiger charge is 2.35. The minimum absolute atomic E-state index is 0.338. The monoisotopic (exact) mass is 591 g/mol. The lowest BCUT2D eigenvalue weighted by Crippen LogP contribution is -2.42. The number of hydrogen-bond acceptors (Lipinski definition) is 6. The smallest absolute Gasteiger partial charge is 0.416 e. The summed E-state index contributed by atoms with van der Waals surface area (Å²) in [7, 11) is 0. The van der Waals surface area contributed by atoms with E-state index in [1.54, 1.807) is 46.2 Å². The van der Waals surface area contributed by atoms with Crippen LogP contribution in [0.25, 0.3) is 10.9 Å². The summed E-state index contributed by atoms with van der Waals surface area (Å²) in [4.78, 5) is 18.7. The Morgan fingerprint density at radius 1 is 1.05 bits per heavy atom. The van der Waals surface area contributed by atoms with Crippen molar-refractivity contribution in [3.05, 3.63) is 106 Å². The fraction of sp³-hybridized carbons (Fsp3) is 0.233. The van der Waals surface area contributed by atoms with Crippen molar-refractivity contribution >= 4 is 40.2 Å². The molecule has 0 radical (unpaired) electrons. The summed E-state index contributed by atoms with van der Waals surface area (Å²) >= 11 is 12.3. The molecule has 2 aromatic heterocycles. The summed E-state index contributed by atoms with van der Waals surface area (Å²) < 4.78 is 13.2. The normalized spacial score (nSPS) is 15.5. The molecular weight excluding hydrogens is 565 g/mol. The molecule has 0 fully saturated rings. The summed E-state index contributed by atoms with van der Waals surface area (Å²) in [5, 5.41) is 20.1. The summed E-state index contributed by atoms with van der Waals surface area (Å²) in [6.45, 7) is 1.15. The summed E-state index contributed by atoms with van der Waals surface area (Å²) in [6, 6.07) is 19.7. The highest BCUT2D eigenvalue weighted by Crippen LogP contribution is 2.40. The van der Waals surface area contributed by atoms with Crippen LogP contribution < -0.4 is 9.47 Å². The number of nitrogens with one attached hydrogen (secondary N) is 1. The molecule has 0 saturated carbocycles. The van der Waals surface area contributed by atoms with E-state index in [0.717, 1.165) is 27.7 Å². The molecule has 2 atom stereocenters. The van der Waals surface area contributed by atoms with Crippen molar-refractivity contribution < 1.29 is 19.4 Å². The average Bonchev–Trinajstić information content (AvgIpc) is 3.61. The van der Waals surface area contributed by atoms with Gasteiger partial charge in [0.2, 0.25) is 0 Å². The van der Waals surface area contributed by atoms with Crippen molar-refractivity contribution in [1.29, 1.82) is 0 Å². The number of fused-ring (bicyclic) bond motifs is 3. The van der Waals surface area contributed by atoms with Crippen molar-refractivity contribution in [3.63, 3.8) is 0 Å². The summed E-state index contributed by atoms with van der Waals surface area (Å²) in [5.74, 6) is 1.08. The van der Waals surface area contributed by atoms with E-state index in [4.69, 9.17) is 32.7 Å². The van der Waals surface area contributed by atoms with E-state index in [1.807, 2.05) is 42.5 Å². The number of aliphatic hydroxyl groups is 1. The highest BCUT2D eigenvalue weighted by atomic mass is 35.5. The number of nitrogens with zero attached hydrogens (tertiary/aromatic N) is 4. The fourth-order valence-electron chi connectivity index (χ4n) is 5.16. The van der Waals surface area contributed by atoms with Crippen LogP contribution in [0.15, 0.2) is 79.1 Å². The van der Waals surface area contributed by atoms with Crippen LogP contribution in [0.2, 0.25) is 10.0 Å². The lowest BCUT2D eigenvalue weighted by Gasteiger charge is -2.35. The first-order valence-electron chi connectivity index (χ1n) is 13.2. The standard InChI is InChI=1S/C30H27Cl2N5O4/c31-20-3-8-24(9-4-20)41-30(39)37-14-11-25-26-17-21(32)5-10-27(26)34-28(25)29(37)19-1-6-23(7-2-19)40-16-12-22(38)18-36-15-13-33-35-36/h1-10,13,15,17,22,29,34,38H,11-12,14,16,18H2/t22?,29-/m0/s1. The molecule has 3 heterocycles. The Morgan fingerprint density at radius 2 is 1.80 bits per heavy atom. The molecule has 5 aromatic rings. The largest absolute Gasteiger partial charge is 0.493 e. The first kappa shape index (κ1) is 27.1. The molecule has 0 bridgehead atoms. The molecule has 0 aliphatic carbocycles. The molecule has 41 heavy (non-hydrogen) atoms. The second-order valence-corrected chi connectivity index (χ2v) is 10.7. The van der Waals surface area contributed by atoms with Crippen LogP contribution in [0.1, 0.15) is 29.3 Å². The first-order chi connectivity index (χ1) is 19.9. The van der Waals surface area contributed by atoms with Crippen molar-refractivity contribution in [2.75, 3.05) is 13.2 Å². The van der Waals surface area contributed by atoms with Crippen LogP contribution in [-0.2, 0) is 13.0 Å². The molecule has 1 unspecified atom stereocenters. The molecule has 6 rings (SSSR count). The molecule has 210 valence electrons. The third-order valence-corrected chi connectivity index (χ3v) is 7.61. The quantitative estimate of drug-likeness (QED) is 0.228. The number of amides is 1. The predicted octanol–water partition coefficient (Wildman–Crippen LogP) is 6.04. The SMILES string of the molecule is O=C(Oc1ccc(Cl)cc1)N1CCc2c([nH]c3ccc(Cl)cc23)[C@@H]1c1ccc(OCCC(O)Cn2ccnn2)cc1. The number of ether oxygens (including phenoxy) is 2. The van der Waals surface area contributed by atoms with Gasteiger partial charge in [0.05, 0.1) is 25.5 Å². The lowest BCUT2D eigenvalue weighted by atomic mass is 9.92. The molecule has 1 aliphatic heterocycles. The molecule has 3 aromatic carbocycles. The number of hydrogen-bond donors (Lipinski definition) is 2. The van der Waals surface area contributed by atoms with Gasteiger partial charge in [0.25, 0.3) is 0 Å². The van der Waals surface area contributed by atoms with Gasteiger partial charge in [-0.15, -0.1) is 5.10 Å². The molecule has 1 amide bonds. The van der Waals surface area contributed by atoms with Gasteiger partial charge in [0.1, 0.15) is 17.5 Å². The number of halogens is 2. The molecule has 2 N–H and O–H groups in total. The van der Waals surface area contributed by atoms with Crippen LogP contribution in [0.3, 0.4) is 0 Å². The van der Waals surface area contributed by atoms with Crippen molar-refractivity contribution in [2.45, 2.75) is 31.5 Å². The van der Waals surface area contributed by atoms with Gasteiger partial charge in [-0.3, -0.25) is 4.90 Å². The van der Waals surface area contributed by atoms with E-state index >= 15 is 0 Å². The second-order valence-electron chi connectivity index (χ2n) is 9.86. The van der Waals surface area contributed by atoms with Gasteiger partial charge in [0.15, 0.2) is 0 Å². The Kier molecular flexibility index (Phi) is 7.82. The van der Waals surface area contributed by atoms with Gasteiger partial charge in [0, 0.05) is 45.8 Å². The molecular formula is C30H27Cl2N5O4. The number of aromatic amines is 1. The highest BCUT2D eigenvalue weighted by molar-refractivity contribution is 6.31. The zero-order valence-electron chi connectivity index (χ0n) is 21.9. The van der Waals surface area contributed by atoms with Crippen molar-refractivity contribution in [2.24, 2.45) is 0 Å². The lowest BCUT2D eigenvalue weighted by molar-refractivity contribution is 0.118. The Labute approximate surface area is 246 Å². The number of H-pyrrole nitrogens is 1. The Balaban J connectivity index is 1.23. The zero-order chi connectivity index (χ0) is 28.3. The second kappa shape index (κ2) is 11.8. The topological polar surface area (TPSA) is 106 Å². The van der Waals surface area contributed by atoms with Gasteiger partial charge in [-0.25, -0.2) is 9.48 Å². The minimum Gasteiger partial charge on any atom is -0.493 e. The van der Waals surface area contributed by atoms with Gasteiger partial charge in [-0.1, -0.05) is 40.5 Å². The maximum atomic E-state index is 13.5. The first-order valence-corrected chi connectivity index (χ1v) is 14.0. The number of benzene rings is 3. The van der Waals surface area contributed by atoms with Gasteiger partial charge >= 0.3 is 6.09 Å². The number of carbonyl (C=O) groups excluding carboxylic acids is 1. The van der Waals surface area contributed by atoms with E-state index in [2.05, 4.69) is 15.3 Å². The molecule has 9 nitrogen and oxygen atoms in total. The molecule has 11 heteroatoms. The van der Waals surface area contributed by atoms with Crippen molar-refractivity contribution in [1.82, 2.24) is 24.9 Å². The number of carbonyl (C=O) groups is 1. The van der Waals surface area contributed by atoms with E-state index in [0.29, 0.717) is 54.1 Å². The van der Waals surface area contributed by atoms with Gasteiger partial charge < -0.3 is 19.6 Å². The van der Waals surface area contributed by atoms with E-state index in [1.165, 1.54) is 0 Å². The molecule has 1 aliphatic rings. The summed E-state index contributed by atoms with van der Waals surface area (Å²) in [6.07, 6.45) is 3.31. The maximum Gasteiger partial charge on any atom is 0.416 e. The van der Waals surface area contributed by atoms with Crippen LogP contribution in [-0.4, -0.2) is 55.3 Å². The maximum absolute atomic E-state index is 13.5. The van der Waals surface area contributed by atoms with Gasteiger partial charge in [-0.05, 0) is 72.1 Å². The Hall–Kier alpha value is -4.05. The average molecular weight is 592 g/mol. The third-order valence-electron chi connectivity index (χ3n) is 7.13. The molecule has 0 saturated heterocycles. The van der Waals surface area contributed by atoms with Crippen LogP contribution in [0.5, 0.6) is 11.5 Å². The zero-order valence-corrected chi connectivity index (χ0v) is 23.4. The van der Waals surface area contributed by atoms with Crippen LogP contribution in [0, 0.1) is 0 Å². The Morgan fingerprint density at radius 3 is 2.56 bits per heavy atom. The van der Waals surface area contributed by atoms with Crippen molar-refractivity contribution in [3.8, 4) is 11.5 Å². The summed E-state index contributed by atoms with van der Waals surface area (Å²) in [5.41, 5.74) is 3.91. The van der Waals surface area contributed by atoms with E-state index in [-0.39, 0.29) is 0 Å². The number of rotatable bonds is 8. The van der Waals surface area contributed by atoms with Crippen LogP contribution in [0.4, 0.5) is 4.79 Å². The van der Waals surface area contributed by atoms with E-state index in [9.17, 15) is 9.90 Å². The van der Waals surface area contributed by atoms with Gasteiger partial charge in [-0.2, -0.15) is 0 Å². The minimum atomic E-state index is -0.604. The predicted molar refractivity (Wildman–Crippen MR) is 156 cm³/mol. The van der Waals surface area contributed by atoms with E-state index < -0.39 is 18.2 Å².